The first-order valence-corrected chi connectivity index (χ1v) is 5.90. The van der Waals surface area contributed by atoms with Crippen LogP contribution in [0.2, 0.25) is 0 Å². The second-order valence-corrected chi connectivity index (χ2v) is 4.01. The summed E-state index contributed by atoms with van der Waals surface area (Å²) in [5, 5.41) is 0. The zero-order chi connectivity index (χ0) is 11.8. The molecule has 16 heavy (non-hydrogen) atoms. The molecule has 1 aromatic rings. The summed E-state index contributed by atoms with van der Waals surface area (Å²) in [5.74, 6) is 0.884. The lowest BCUT2D eigenvalue weighted by molar-refractivity contribution is -0.141. The van der Waals surface area contributed by atoms with Gasteiger partial charge in [0.25, 0.3) is 0 Å². The molecule has 1 rings (SSSR count). The maximum Gasteiger partial charge on any atom is 0.302 e. The van der Waals surface area contributed by atoms with Gasteiger partial charge in [-0.2, -0.15) is 0 Å². The van der Waals surface area contributed by atoms with E-state index in [4.69, 9.17) is 9.15 Å². The summed E-state index contributed by atoms with van der Waals surface area (Å²) in [7, 11) is 0. The molecule has 0 spiro atoms. The van der Waals surface area contributed by atoms with Crippen LogP contribution in [0, 0.1) is 0 Å². The SMILES string of the molecule is CCCCC[C@H](COC(C)=O)c1ccco1. The van der Waals surface area contributed by atoms with E-state index < -0.39 is 0 Å². The molecule has 0 amide bonds. The topological polar surface area (TPSA) is 39.4 Å². The quantitative estimate of drug-likeness (QED) is 0.525. The minimum Gasteiger partial charge on any atom is -0.469 e. The Bertz CT molecular complexity index is 290. The molecular formula is C13H20O3. The lowest BCUT2D eigenvalue weighted by Gasteiger charge is -2.13. The van der Waals surface area contributed by atoms with Gasteiger partial charge in [-0.15, -0.1) is 0 Å². The summed E-state index contributed by atoms with van der Waals surface area (Å²) in [4.78, 5) is 10.8. The van der Waals surface area contributed by atoms with Gasteiger partial charge in [-0.3, -0.25) is 4.79 Å². The fraction of sp³-hybridized carbons (Fsp3) is 0.615. The van der Waals surface area contributed by atoms with Crippen LogP contribution in [0.25, 0.3) is 0 Å². The van der Waals surface area contributed by atoms with Gasteiger partial charge in [0, 0.05) is 6.92 Å². The van der Waals surface area contributed by atoms with Crippen molar-refractivity contribution in [1.29, 1.82) is 0 Å². The predicted molar refractivity (Wildman–Crippen MR) is 62.2 cm³/mol. The highest BCUT2D eigenvalue weighted by Gasteiger charge is 2.15. The van der Waals surface area contributed by atoms with Crippen LogP contribution in [0.3, 0.4) is 0 Å². The fourth-order valence-electron chi connectivity index (χ4n) is 1.69. The third-order valence-electron chi connectivity index (χ3n) is 2.59. The van der Waals surface area contributed by atoms with E-state index in [0.717, 1.165) is 18.6 Å². The average Bonchev–Trinajstić information content (AvgIpc) is 2.76. The highest BCUT2D eigenvalue weighted by atomic mass is 16.5. The van der Waals surface area contributed by atoms with Gasteiger partial charge >= 0.3 is 5.97 Å². The number of rotatable bonds is 7. The first-order chi connectivity index (χ1) is 7.74. The molecule has 3 nitrogen and oxygen atoms in total. The van der Waals surface area contributed by atoms with Crippen molar-refractivity contribution in [1.82, 2.24) is 0 Å². The van der Waals surface area contributed by atoms with Gasteiger partial charge in [0.05, 0.1) is 12.2 Å². The van der Waals surface area contributed by atoms with Crippen molar-refractivity contribution >= 4 is 5.97 Å². The van der Waals surface area contributed by atoms with E-state index in [9.17, 15) is 4.79 Å². The smallest absolute Gasteiger partial charge is 0.302 e. The predicted octanol–water partition coefficient (Wildman–Crippen LogP) is 3.51. The maximum atomic E-state index is 10.8. The highest BCUT2D eigenvalue weighted by Crippen LogP contribution is 2.23. The van der Waals surface area contributed by atoms with E-state index in [-0.39, 0.29) is 11.9 Å². The number of hydrogen-bond donors (Lipinski definition) is 0. The van der Waals surface area contributed by atoms with E-state index in [0.29, 0.717) is 6.61 Å². The normalized spacial score (nSPS) is 12.4. The Morgan fingerprint density at radius 2 is 2.31 bits per heavy atom. The molecule has 0 aromatic carbocycles. The molecule has 0 N–H and O–H groups in total. The molecule has 0 fully saturated rings. The molecule has 0 radical (unpaired) electrons. The van der Waals surface area contributed by atoms with Crippen molar-refractivity contribution in [3.63, 3.8) is 0 Å². The summed E-state index contributed by atoms with van der Waals surface area (Å²) in [6.07, 6.45) is 6.21. The van der Waals surface area contributed by atoms with Gasteiger partial charge < -0.3 is 9.15 Å². The van der Waals surface area contributed by atoms with Crippen molar-refractivity contribution in [2.24, 2.45) is 0 Å². The molecule has 0 aliphatic carbocycles. The van der Waals surface area contributed by atoms with E-state index in [1.165, 1.54) is 19.8 Å². The van der Waals surface area contributed by atoms with Gasteiger partial charge in [-0.1, -0.05) is 26.2 Å². The summed E-state index contributed by atoms with van der Waals surface area (Å²) < 4.78 is 10.4. The van der Waals surface area contributed by atoms with Crippen LogP contribution in [0.1, 0.15) is 51.2 Å². The minimum atomic E-state index is -0.230. The molecule has 1 aromatic heterocycles. The Morgan fingerprint density at radius 1 is 1.50 bits per heavy atom. The minimum absolute atomic E-state index is 0.199. The van der Waals surface area contributed by atoms with Gasteiger partial charge in [0.1, 0.15) is 12.4 Å². The van der Waals surface area contributed by atoms with E-state index in [1.54, 1.807) is 6.26 Å². The lowest BCUT2D eigenvalue weighted by Crippen LogP contribution is -2.10. The molecular weight excluding hydrogens is 204 g/mol. The Balaban J connectivity index is 2.45. The fourth-order valence-corrected chi connectivity index (χ4v) is 1.69. The second-order valence-electron chi connectivity index (χ2n) is 4.01. The number of hydrogen-bond acceptors (Lipinski definition) is 3. The largest absolute Gasteiger partial charge is 0.469 e. The van der Waals surface area contributed by atoms with Crippen molar-refractivity contribution in [2.45, 2.75) is 45.4 Å². The number of unbranched alkanes of at least 4 members (excludes halogenated alkanes) is 2. The van der Waals surface area contributed by atoms with Crippen LogP contribution in [0.15, 0.2) is 22.8 Å². The molecule has 0 unspecified atom stereocenters. The maximum absolute atomic E-state index is 10.8. The van der Waals surface area contributed by atoms with Crippen LogP contribution < -0.4 is 0 Å². The van der Waals surface area contributed by atoms with Crippen LogP contribution >= 0.6 is 0 Å². The Kier molecular flexibility index (Phi) is 5.68. The molecule has 90 valence electrons. The summed E-state index contributed by atoms with van der Waals surface area (Å²) >= 11 is 0. The van der Waals surface area contributed by atoms with Crippen LogP contribution in [0.5, 0.6) is 0 Å². The summed E-state index contributed by atoms with van der Waals surface area (Å²) in [5.41, 5.74) is 0. The van der Waals surface area contributed by atoms with Crippen LogP contribution in [-0.4, -0.2) is 12.6 Å². The Hall–Kier alpha value is -1.25. The number of carbonyl (C=O) groups is 1. The lowest BCUT2D eigenvalue weighted by atomic mass is 9.99. The molecule has 0 saturated heterocycles. The third kappa shape index (κ3) is 4.51. The monoisotopic (exact) mass is 224 g/mol. The summed E-state index contributed by atoms with van der Waals surface area (Å²) in [6, 6.07) is 3.82. The zero-order valence-electron chi connectivity index (χ0n) is 10.1. The van der Waals surface area contributed by atoms with Crippen LogP contribution in [0.4, 0.5) is 0 Å². The van der Waals surface area contributed by atoms with E-state index in [2.05, 4.69) is 6.92 Å². The number of esters is 1. The molecule has 3 heteroatoms. The molecule has 0 aliphatic heterocycles. The van der Waals surface area contributed by atoms with Crippen LogP contribution in [-0.2, 0) is 9.53 Å². The second kappa shape index (κ2) is 7.09. The van der Waals surface area contributed by atoms with Crippen molar-refractivity contribution in [3.8, 4) is 0 Å². The molecule has 1 atom stereocenters. The Morgan fingerprint density at radius 3 is 2.88 bits per heavy atom. The zero-order valence-corrected chi connectivity index (χ0v) is 10.1. The molecule has 1 heterocycles. The summed E-state index contributed by atoms with van der Waals surface area (Å²) in [6.45, 7) is 4.03. The third-order valence-corrected chi connectivity index (χ3v) is 2.59. The van der Waals surface area contributed by atoms with E-state index in [1.807, 2.05) is 12.1 Å². The van der Waals surface area contributed by atoms with Gasteiger partial charge in [0.15, 0.2) is 0 Å². The van der Waals surface area contributed by atoms with Gasteiger partial charge in [0.2, 0.25) is 0 Å². The standard InChI is InChI=1S/C13H20O3/c1-3-4-5-7-12(10-16-11(2)14)13-8-6-9-15-13/h6,8-9,12H,3-5,7,10H2,1-2H3/t12-/m1/s1. The van der Waals surface area contributed by atoms with Crippen molar-refractivity contribution in [3.05, 3.63) is 24.2 Å². The number of furan rings is 1. The molecule has 0 bridgehead atoms. The number of ether oxygens (including phenoxy) is 1. The molecule has 0 aliphatic rings. The van der Waals surface area contributed by atoms with E-state index >= 15 is 0 Å². The average molecular weight is 224 g/mol. The van der Waals surface area contributed by atoms with Crippen molar-refractivity contribution in [2.75, 3.05) is 6.61 Å². The first-order valence-electron chi connectivity index (χ1n) is 5.90. The highest BCUT2D eigenvalue weighted by molar-refractivity contribution is 5.65. The van der Waals surface area contributed by atoms with Gasteiger partial charge in [-0.05, 0) is 18.6 Å². The Labute approximate surface area is 96.8 Å². The van der Waals surface area contributed by atoms with Crippen molar-refractivity contribution < 1.29 is 13.9 Å². The first kappa shape index (κ1) is 12.8. The number of carbonyl (C=O) groups excluding carboxylic acids is 1. The molecule has 0 saturated carbocycles. The van der Waals surface area contributed by atoms with Gasteiger partial charge in [-0.25, -0.2) is 0 Å².